The Labute approximate surface area is 139 Å². The summed E-state index contributed by atoms with van der Waals surface area (Å²) in [6, 6.07) is 12.8. The number of ether oxygens (including phenoxy) is 1. The van der Waals surface area contributed by atoms with Gasteiger partial charge in [-0.15, -0.1) is 0 Å². The number of methoxy groups -OCH3 is 1. The average Bonchev–Trinajstić information content (AvgIpc) is 2.87. The number of amides is 2. The molecule has 0 N–H and O–H groups in total. The van der Waals surface area contributed by atoms with Crippen molar-refractivity contribution >= 4 is 17.5 Å². The van der Waals surface area contributed by atoms with E-state index < -0.39 is 0 Å². The van der Waals surface area contributed by atoms with Gasteiger partial charge in [-0.25, -0.2) is 0 Å². The van der Waals surface area contributed by atoms with Gasteiger partial charge < -0.3 is 4.74 Å². The molecule has 0 fully saturated rings. The smallest absolute Gasteiger partial charge is 0.261 e. The fraction of sp³-hybridized carbons (Fsp3) is 0.211. The van der Waals surface area contributed by atoms with E-state index in [-0.39, 0.29) is 18.4 Å². The summed E-state index contributed by atoms with van der Waals surface area (Å²) in [5.41, 5.74) is 3.80. The van der Waals surface area contributed by atoms with Crippen LogP contribution in [0, 0.1) is 0 Å². The van der Waals surface area contributed by atoms with E-state index >= 15 is 0 Å². The Morgan fingerprint density at radius 1 is 1.04 bits per heavy atom. The summed E-state index contributed by atoms with van der Waals surface area (Å²) in [4.78, 5) is 30.9. The van der Waals surface area contributed by atoms with E-state index in [1.165, 1.54) is 4.90 Å². The molecule has 2 heterocycles. The van der Waals surface area contributed by atoms with E-state index in [2.05, 4.69) is 4.99 Å². The molecule has 0 spiro atoms. The molecule has 0 atom stereocenters. The third-order valence-electron chi connectivity index (χ3n) is 4.50. The Morgan fingerprint density at radius 2 is 1.75 bits per heavy atom. The number of nitrogens with zero attached hydrogens (tertiary/aromatic N) is 2. The highest BCUT2D eigenvalue weighted by atomic mass is 16.5. The van der Waals surface area contributed by atoms with E-state index in [1.807, 2.05) is 18.2 Å². The molecule has 2 aliphatic heterocycles. The molecule has 2 aromatic carbocycles. The maximum Gasteiger partial charge on any atom is 0.261 e. The quantitative estimate of drug-likeness (QED) is 0.816. The van der Waals surface area contributed by atoms with Crippen LogP contribution in [-0.2, 0) is 6.42 Å². The SMILES string of the molecule is COc1ccc2c(c1)C(CN1C(=O)c3ccccc3C1=O)=NCC2. The number of imide groups is 1. The molecule has 0 aliphatic carbocycles. The van der Waals surface area contributed by atoms with Crippen molar-refractivity contribution in [1.29, 1.82) is 0 Å². The van der Waals surface area contributed by atoms with Gasteiger partial charge in [0.25, 0.3) is 11.8 Å². The van der Waals surface area contributed by atoms with E-state index in [0.29, 0.717) is 17.7 Å². The molecule has 0 saturated heterocycles. The largest absolute Gasteiger partial charge is 0.497 e. The number of benzene rings is 2. The molecule has 2 aromatic rings. The number of carbonyl (C=O) groups is 2. The zero-order valence-corrected chi connectivity index (χ0v) is 13.3. The lowest BCUT2D eigenvalue weighted by Gasteiger charge is -2.21. The van der Waals surface area contributed by atoms with Crippen LogP contribution in [0.1, 0.15) is 31.8 Å². The van der Waals surface area contributed by atoms with Crippen molar-refractivity contribution in [2.45, 2.75) is 6.42 Å². The lowest BCUT2D eigenvalue weighted by molar-refractivity contribution is 0.0677. The van der Waals surface area contributed by atoms with Crippen LogP contribution in [0.5, 0.6) is 5.75 Å². The third kappa shape index (κ3) is 2.21. The minimum absolute atomic E-state index is 0.187. The van der Waals surface area contributed by atoms with Crippen LogP contribution in [0.25, 0.3) is 0 Å². The molecule has 5 heteroatoms. The van der Waals surface area contributed by atoms with E-state index in [0.717, 1.165) is 29.0 Å². The van der Waals surface area contributed by atoms with Crippen molar-refractivity contribution in [3.63, 3.8) is 0 Å². The van der Waals surface area contributed by atoms with Gasteiger partial charge in [-0.05, 0) is 36.2 Å². The van der Waals surface area contributed by atoms with Crippen molar-refractivity contribution < 1.29 is 14.3 Å². The fourth-order valence-electron chi connectivity index (χ4n) is 3.23. The van der Waals surface area contributed by atoms with Gasteiger partial charge in [0.1, 0.15) is 5.75 Å². The Hall–Kier alpha value is -2.95. The minimum Gasteiger partial charge on any atom is -0.497 e. The lowest BCUT2D eigenvalue weighted by atomic mass is 9.97. The molecule has 0 saturated carbocycles. The first-order valence-electron chi connectivity index (χ1n) is 7.85. The van der Waals surface area contributed by atoms with Crippen LogP contribution in [0.15, 0.2) is 47.5 Å². The average molecular weight is 320 g/mol. The summed E-state index contributed by atoms with van der Waals surface area (Å²) in [6.07, 6.45) is 0.852. The molecule has 24 heavy (non-hydrogen) atoms. The summed E-state index contributed by atoms with van der Waals surface area (Å²) in [6.45, 7) is 0.852. The van der Waals surface area contributed by atoms with Gasteiger partial charge in [0.15, 0.2) is 0 Å². The van der Waals surface area contributed by atoms with Crippen LogP contribution >= 0.6 is 0 Å². The molecule has 4 rings (SSSR count). The molecule has 2 aliphatic rings. The van der Waals surface area contributed by atoms with Crippen LogP contribution in [0.2, 0.25) is 0 Å². The number of hydrogen-bond donors (Lipinski definition) is 0. The van der Waals surface area contributed by atoms with E-state index in [9.17, 15) is 9.59 Å². The third-order valence-corrected chi connectivity index (χ3v) is 4.50. The van der Waals surface area contributed by atoms with Crippen LogP contribution in [0.3, 0.4) is 0 Å². The zero-order chi connectivity index (χ0) is 16.7. The molecule has 0 aromatic heterocycles. The van der Waals surface area contributed by atoms with Gasteiger partial charge >= 0.3 is 0 Å². The first kappa shape index (κ1) is 14.6. The second-order valence-electron chi connectivity index (χ2n) is 5.84. The molecule has 0 radical (unpaired) electrons. The highest BCUT2D eigenvalue weighted by molar-refractivity contribution is 6.23. The number of carbonyl (C=O) groups excluding carboxylic acids is 2. The maximum absolute atomic E-state index is 12.5. The summed E-state index contributed by atoms with van der Waals surface area (Å²) in [7, 11) is 1.62. The van der Waals surface area contributed by atoms with E-state index in [4.69, 9.17) is 4.74 Å². The highest BCUT2D eigenvalue weighted by Gasteiger charge is 2.36. The van der Waals surface area contributed by atoms with Gasteiger partial charge in [0.2, 0.25) is 0 Å². The van der Waals surface area contributed by atoms with Gasteiger partial charge in [-0.2, -0.15) is 0 Å². The van der Waals surface area contributed by atoms with Gasteiger partial charge in [-0.1, -0.05) is 18.2 Å². The minimum atomic E-state index is -0.256. The molecular formula is C19H16N2O3. The normalized spacial score (nSPS) is 15.9. The van der Waals surface area contributed by atoms with Crippen molar-refractivity contribution in [2.75, 3.05) is 20.2 Å². The van der Waals surface area contributed by atoms with Crippen LogP contribution in [0.4, 0.5) is 0 Å². The molecule has 120 valence electrons. The topological polar surface area (TPSA) is 59.0 Å². The lowest BCUT2D eigenvalue weighted by Crippen LogP contribution is -2.36. The second-order valence-corrected chi connectivity index (χ2v) is 5.84. The molecule has 0 unspecified atom stereocenters. The number of hydrogen-bond acceptors (Lipinski definition) is 4. The first-order valence-corrected chi connectivity index (χ1v) is 7.85. The van der Waals surface area contributed by atoms with Crippen LogP contribution in [-0.4, -0.2) is 42.6 Å². The first-order chi connectivity index (χ1) is 11.7. The predicted molar refractivity (Wildman–Crippen MR) is 89.9 cm³/mol. The summed E-state index contributed by atoms with van der Waals surface area (Å²) < 4.78 is 5.29. The van der Waals surface area contributed by atoms with Gasteiger partial charge in [-0.3, -0.25) is 19.5 Å². The van der Waals surface area contributed by atoms with E-state index in [1.54, 1.807) is 31.4 Å². The second kappa shape index (κ2) is 5.60. The molecule has 2 amide bonds. The molecule has 0 bridgehead atoms. The number of aliphatic imine (C=N–C) groups is 1. The molecule has 5 nitrogen and oxygen atoms in total. The Kier molecular flexibility index (Phi) is 3.41. The van der Waals surface area contributed by atoms with Crippen molar-refractivity contribution in [3.05, 3.63) is 64.7 Å². The summed E-state index contributed by atoms with van der Waals surface area (Å²) in [5, 5.41) is 0. The van der Waals surface area contributed by atoms with Gasteiger partial charge in [0.05, 0.1) is 30.5 Å². The van der Waals surface area contributed by atoms with Crippen molar-refractivity contribution in [1.82, 2.24) is 4.90 Å². The van der Waals surface area contributed by atoms with Crippen molar-refractivity contribution in [3.8, 4) is 5.75 Å². The van der Waals surface area contributed by atoms with Gasteiger partial charge in [0, 0.05) is 12.1 Å². The number of rotatable bonds is 3. The monoisotopic (exact) mass is 320 g/mol. The predicted octanol–water partition coefficient (Wildman–Crippen LogP) is 2.34. The summed E-state index contributed by atoms with van der Waals surface area (Å²) >= 11 is 0. The number of fused-ring (bicyclic) bond motifs is 2. The Morgan fingerprint density at radius 3 is 2.42 bits per heavy atom. The molecular weight excluding hydrogens is 304 g/mol. The van der Waals surface area contributed by atoms with Crippen molar-refractivity contribution in [2.24, 2.45) is 4.99 Å². The summed E-state index contributed by atoms with van der Waals surface area (Å²) in [5.74, 6) is 0.229. The van der Waals surface area contributed by atoms with Crippen LogP contribution < -0.4 is 4.74 Å². The standard InChI is InChI=1S/C19H16N2O3/c1-24-13-7-6-12-8-9-20-17(16(12)10-13)11-21-18(22)14-4-2-3-5-15(14)19(21)23/h2-7,10H,8-9,11H2,1H3. The Bertz CT molecular complexity index is 851. The maximum atomic E-state index is 12.5. The highest BCUT2D eigenvalue weighted by Crippen LogP contribution is 2.26. The fourth-order valence-corrected chi connectivity index (χ4v) is 3.23. The Balaban J connectivity index is 1.67. The zero-order valence-electron chi connectivity index (χ0n) is 13.3.